The van der Waals surface area contributed by atoms with Gasteiger partial charge in [0.1, 0.15) is 0 Å². The van der Waals surface area contributed by atoms with E-state index < -0.39 is 5.91 Å². The normalized spacial score (nSPS) is 10.5. The van der Waals surface area contributed by atoms with Crippen molar-refractivity contribution < 1.29 is 4.79 Å². The average molecular weight is 381 g/mol. The zero-order valence-corrected chi connectivity index (χ0v) is 15.9. The second-order valence-corrected chi connectivity index (χ2v) is 7.66. The highest BCUT2D eigenvalue weighted by molar-refractivity contribution is 8.00. The minimum Gasteiger partial charge on any atom is -0.366 e. The van der Waals surface area contributed by atoms with Crippen LogP contribution in [0.2, 0.25) is 0 Å². The van der Waals surface area contributed by atoms with Crippen LogP contribution in [0.25, 0.3) is 0 Å². The molecule has 0 unspecified atom stereocenters. The molecule has 0 fully saturated rings. The van der Waals surface area contributed by atoms with Gasteiger partial charge in [-0.3, -0.25) is 4.79 Å². The summed E-state index contributed by atoms with van der Waals surface area (Å²) < 4.78 is 0. The maximum atomic E-state index is 11.5. The first-order valence-corrected chi connectivity index (χ1v) is 10.2. The first kappa shape index (κ1) is 18.4. The van der Waals surface area contributed by atoms with Crippen molar-refractivity contribution in [2.24, 2.45) is 5.73 Å². The lowest BCUT2D eigenvalue weighted by molar-refractivity contribution is 0.100. The summed E-state index contributed by atoms with van der Waals surface area (Å²) in [7, 11) is 0. The molecule has 3 nitrogen and oxygen atoms in total. The summed E-state index contributed by atoms with van der Waals surface area (Å²) in [5.74, 6) is 1.16. The number of hydrogen-bond acceptors (Lipinski definition) is 4. The standard InChI is InChI=1S/C21H20N2OS2/c22-21(24)17-8-7-9-18(14-17)23(15-25-19-10-3-1-4-11-19)16-26-20-12-5-2-6-13-20/h1-14H,15-16H2,(H2,22,24). The van der Waals surface area contributed by atoms with Crippen LogP contribution in [0.1, 0.15) is 10.4 Å². The Morgan fingerprint density at radius 1 is 0.769 bits per heavy atom. The summed E-state index contributed by atoms with van der Waals surface area (Å²) in [5.41, 5.74) is 6.97. The van der Waals surface area contributed by atoms with E-state index in [0.29, 0.717) is 5.56 Å². The van der Waals surface area contributed by atoms with Crippen LogP contribution in [0.5, 0.6) is 0 Å². The quantitative estimate of drug-likeness (QED) is 0.437. The molecule has 0 aliphatic rings. The SMILES string of the molecule is NC(=O)c1cccc(N(CSc2ccccc2)CSc2ccccc2)c1. The first-order chi connectivity index (χ1) is 12.7. The molecule has 0 bridgehead atoms. The molecule has 3 aromatic carbocycles. The Hall–Kier alpha value is -2.37. The molecule has 0 aliphatic heterocycles. The lowest BCUT2D eigenvalue weighted by Crippen LogP contribution is -2.22. The van der Waals surface area contributed by atoms with Crippen molar-refractivity contribution in [3.63, 3.8) is 0 Å². The summed E-state index contributed by atoms with van der Waals surface area (Å²) in [6, 6.07) is 28.1. The zero-order chi connectivity index (χ0) is 18.2. The molecule has 3 aromatic rings. The number of carbonyl (C=O) groups excluding carboxylic acids is 1. The van der Waals surface area contributed by atoms with Gasteiger partial charge in [-0.05, 0) is 42.5 Å². The predicted octanol–water partition coefficient (Wildman–Crippen LogP) is 5.09. The number of carbonyl (C=O) groups is 1. The Morgan fingerprint density at radius 2 is 1.31 bits per heavy atom. The monoisotopic (exact) mass is 380 g/mol. The fourth-order valence-corrected chi connectivity index (χ4v) is 4.29. The van der Waals surface area contributed by atoms with Gasteiger partial charge in [0.25, 0.3) is 0 Å². The van der Waals surface area contributed by atoms with Crippen LogP contribution < -0.4 is 10.6 Å². The van der Waals surface area contributed by atoms with E-state index in [1.165, 1.54) is 9.79 Å². The third-order valence-electron chi connectivity index (χ3n) is 3.76. The summed E-state index contributed by atoms with van der Waals surface area (Å²) >= 11 is 3.54. The topological polar surface area (TPSA) is 46.3 Å². The van der Waals surface area contributed by atoms with E-state index >= 15 is 0 Å². The number of thioether (sulfide) groups is 2. The lowest BCUT2D eigenvalue weighted by atomic mass is 10.2. The van der Waals surface area contributed by atoms with Crippen molar-refractivity contribution in [1.82, 2.24) is 0 Å². The van der Waals surface area contributed by atoms with E-state index in [-0.39, 0.29) is 0 Å². The van der Waals surface area contributed by atoms with Crippen molar-refractivity contribution in [2.75, 3.05) is 16.7 Å². The van der Waals surface area contributed by atoms with Gasteiger partial charge in [-0.2, -0.15) is 0 Å². The number of anilines is 1. The molecule has 132 valence electrons. The fourth-order valence-electron chi connectivity index (χ4n) is 2.38. The molecule has 0 aliphatic carbocycles. The Kier molecular flexibility index (Phi) is 6.63. The van der Waals surface area contributed by atoms with Crippen LogP contribution in [0.15, 0.2) is 94.7 Å². The van der Waals surface area contributed by atoms with Crippen molar-refractivity contribution in [3.05, 3.63) is 90.5 Å². The molecule has 2 N–H and O–H groups in total. The van der Waals surface area contributed by atoms with E-state index in [1.54, 1.807) is 29.6 Å². The molecule has 0 radical (unpaired) electrons. The van der Waals surface area contributed by atoms with Gasteiger partial charge in [0.2, 0.25) is 5.91 Å². The Bertz CT molecular complexity index is 797. The fraction of sp³-hybridized carbons (Fsp3) is 0.0952. The van der Waals surface area contributed by atoms with E-state index in [0.717, 1.165) is 17.4 Å². The molecular formula is C21H20N2OS2. The third kappa shape index (κ3) is 5.31. The van der Waals surface area contributed by atoms with Crippen molar-refractivity contribution in [2.45, 2.75) is 9.79 Å². The molecule has 1 amide bonds. The minimum atomic E-state index is -0.404. The van der Waals surface area contributed by atoms with Gasteiger partial charge in [-0.25, -0.2) is 0 Å². The number of nitrogens with two attached hydrogens (primary N) is 1. The molecule has 5 heteroatoms. The summed E-state index contributed by atoms with van der Waals surface area (Å²) in [4.78, 5) is 16.2. The zero-order valence-electron chi connectivity index (χ0n) is 14.2. The minimum absolute atomic E-state index is 0.404. The third-order valence-corrected chi connectivity index (χ3v) is 5.85. The van der Waals surface area contributed by atoms with Crippen LogP contribution in [0.3, 0.4) is 0 Å². The van der Waals surface area contributed by atoms with Gasteiger partial charge in [0, 0.05) is 21.0 Å². The molecule has 3 rings (SSSR count). The lowest BCUT2D eigenvalue weighted by Gasteiger charge is -2.24. The van der Waals surface area contributed by atoms with Gasteiger partial charge in [-0.15, -0.1) is 23.5 Å². The van der Waals surface area contributed by atoms with Gasteiger partial charge >= 0.3 is 0 Å². The Balaban J connectivity index is 1.76. The molecule has 0 heterocycles. The maximum Gasteiger partial charge on any atom is 0.248 e. The van der Waals surface area contributed by atoms with E-state index in [2.05, 4.69) is 29.2 Å². The number of rotatable bonds is 8. The highest BCUT2D eigenvalue weighted by Gasteiger charge is 2.10. The number of nitrogens with zero attached hydrogens (tertiary/aromatic N) is 1. The van der Waals surface area contributed by atoms with Gasteiger partial charge < -0.3 is 10.6 Å². The predicted molar refractivity (Wildman–Crippen MR) is 112 cm³/mol. The molecule has 0 saturated heterocycles. The number of primary amides is 1. The van der Waals surface area contributed by atoms with Crippen LogP contribution in [-0.4, -0.2) is 17.7 Å². The number of amides is 1. The summed E-state index contributed by atoms with van der Waals surface area (Å²) in [6.07, 6.45) is 0. The highest BCUT2D eigenvalue weighted by atomic mass is 32.2. The molecule has 26 heavy (non-hydrogen) atoms. The largest absolute Gasteiger partial charge is 0.366 e. The Labute approximate surface area is 162 Å². The Morgan fingerprint density at radius 3 is 1.81 bits per heavy atom. The van der Waals surface area contributed by atoms with E-state index in [4.69, 9.17) is 5.73 Å². The second-order valence-electron chi connectivity index (χ2n) is 5.63. The van der Waals surface area contributed by atoms with Crippen LogP contribution in [0.4, 0.5) is 5.69 Å². The van der Waals surface area contributed by atoms with Gasteiger partial charge in [0.15, 0.2) is 0 Å². The number of benzene rings is 3. The van der Waals surface area contributed by atoms with Crippen molar-refractivity contribution in [3.8, 4) is 0 Å². The highest BCUT2D eigenvalue weighted by Crippen LogP contribution is 2.27. The van der Waals surface area contributed by atoms with Gasteiger partial charge in [0.05, 0.1) is 11.8 Å². The average Bonchev–Trinajstić information content (AvgIpc) is 2.69. The molecule has 0 atom stereocenters. The van der Waals surface area contributed by atoms with Crippen LogP contribution in [0, 0.1) is 0 Å². The van der Waals surface area contributed by atoms with Crippen molar-refractivity contribution >= 4 is 35.1 Å². The summed E-state index contributed by atoms with van der Waals surface area (Å²) in [5, 5.41) is 0. The van der Waals surface area contributed by atoms with Gasteiger partial charge in [-0.1, -0.05) is 42.5 Å². The smallest absolute Gasteiger partial charge is 0.248 e. The van der Waals surface area contributed by atoms with Crippen LogP contribution >= 0.6 is 23.5 Å². The molecule has 0 spiro atoms. The maximum absolute atomic E-state index is 11.5. The molecule has 0 saturated carbocycles. The van der Waals surface area contributed by atoms with Crippen LogP contribution in [-0.2, 0) is 0 Å². The molecule has 0 aromatic heterocycles. The van der Waals surface area contributed by atoms with E-state index in [9.17, 15) is 4.79 Å². The molecular weight excluding hydrogens is 360 g/mol. The number of hydrogen-bond donors (Lipinski definition) is 1. The first-order valence-electron chi connectivity index (χ1n) is 8.23. The van der Waals surface area contributed by atoms with E-state index in [1.807, 2.05) is 54.6 Å². The second kappa shape index (κ2) is 9.36. The van der Waals surface area contributed by atoms with Crippen molar-refractivity contribution in [1.29, 1.82) is 0 Å². The summed E-state index contributed by atoms with van der Waals surface area (Å²) in [6.45, 7) is 0.